The lowest BCUT2D eigenvalue weighted by Gasteiger charge is -2.35. The molecule has 3 aromatic heterocycles. The fourth-order valence-corrected chi connectivity index (χ4v) is 5.65. The first-order chi connectivity index (χ1) is 23.0. The zero-order valence-electron chi connectivity index (χ0n) is 26.5. The zero-order valence-corrected chi connectivity index (χ0v) is 26.5. The van der Waals surface area contributed by atoms with Crippen molar-refractivity contribution in [1.29, 1.82) is 0 Å². The van der Waals surface area contributed by atoms with Gasteiger partial charge in [-0.25, -0.2) is 4.98 Å². The second kappa shape index (κ2) is 13.3. The summed E-state index contributed by atoms with van der Waals surface area (Å²) in [6.07, 6.45) is 1.51. The molecule has 2 amide bonds. The average Bonchev–Trinajstić information content (AvgIpc) is 3.45. The minimum atomic E-state index is -4.64. The van der Waals surface area contributed by atoms with Gasteiger partial charge in [-0.3, -0.25) is 19.3 Å². The van der Waals surface area contributed by atoms with E-state index in [4.69, 9.17) is 4.74 Å². The third-order valence-corrected chi connectivity index (χ3v) is 8.31. The smallest absolute Gasteiger partial charge is 0.418 e. The standard InChI is InChI=1S/C34H33F3N8O3/c1-20-4-5-24(16-29(20)48-33-26-19-40-44(3)31(26)42-30(43-33)23-8-12-38-13-9-23)32(47)41-25-6-7-28(27(17-25)34(35,36)37)45-14-10-22(11-15-45)18-39-21(2)46/h4-9,12-13,16-17,19,22H,10-11,14-15,18H2,1-3H3,(H,39,46)(H,41,47). The van der Waals surface area contributed by atoms with Crippen LogP contribution in [0.25, 0.3) is 22.4 Å². The summed E-state index contributed by atoms with van der Waals surface area (Å²) >= 11 is 0. The minimum absolute atomic E-state index is 0.00882. The molecule has 0 spiro atoms. The molecule has 0 unspecified atom stereocenters. The van der Waals surface area contributed by atoms with E-state index in [-0.39, 0.29) is 34.6 Å². The lowest BCUT2D eigenvalue weighted by molar-refractivity contribution is -0.137. The molecule has 1 aliphatic heterocycles. The van der Waals surface area contributed by atoms with Crippen molar-refractivity contribution < 1.29 is 27.5 Å². The van der Waals surface area contributed by atoms with Gasteiger partial charge in [-0.1, -0.05) is 6.07 Å². The largest absolute Gasteiger partial charge is 0.438 e. The highest BCUT2D eigenvalue weighted by Gasteiger charge is 2.36. The molecule has 14 heteroatoms. The lowest BCUT2D eigenvalue weighted by Crippen LogP contribution is -2.39. The molecule has 0 atom stereocenters. The normalized spacial score (nSPS) is 13.8. The number of pyridine rings is 1. The number of piperidine rings is 1. The van der Waals surface area contributed by atoms with E-state index in [0.29, 0.717) is 60.6 Å². The maximum atomic E-state index is 14.3. The Morgan fingerprint density at radius 3 is 2.48 bits per heavy atom. The van der Waals surface area contributed by atoms with Crippen molar-refractivity contribution in [2.45, 2.75) is 32.9 Å². The molecule has 4 heterocycles. The molecule has 2 N–H and O–H groups in total. The first-order valence-electron chi connectivity index (χ1n) is 15.4. The second-order valence-corrected chi connectivity index (χ2v) is 11.7. The van der Waals surface area contributed by atoms with Crippen molar-refractivity contribution in [3.8, 4) is 23.0 Å². The summed E-state index contributed by atoms with van der Waals surface area (Å²) in [6, 6.07) is 12.1. The number of rotatable bonds is 8. The van der Waals surface area contributed by atoms with E-state index in [1.54, 1.807) is 66.4 Å². The van der Waals surface area contributed by atoms with Crippen LogP contribution in [-0.2, 0) is 18.0 Å². The summed E-state index contributed by atoms with van der Waals surface area (Å²) < 4.78 is 50.6. The number of carbonyl (C=O) groups is 2. The van der Waals surface area contributed by atoms with Crippen molar-refractivity contribution in [3.63, 3.8) is 0 Å². The van der Waals surface area contributed by atoms with Crippen LogP contribution >= 0.6 is 0 Å². The number of nitrogens with one attached hydrogen (secondary N) is 2. The number of hydrogen-bond acceptors (Lipinski definition) is 8. The van der Waals surface area contributed by atoms with Gasteiger partial charge in [-0.15, -0.1) is 0 Å². The summed E-state index contributed by atoms with van der Waals surface area (Å²) in [5.41, 5.74) is 1.38. The summed E-state index contributed by atoms with van der Waals surface area (Å²) in [5, 5.41) is 10.2. The molecular formula is C34H33F3N8O3. The van der Waals surface area contributed by atoms with Crippen molar-refractivity contribution >= 4 is 34.2 Å². The van der Waals surface area contributed by atoms with Crippen LogP contribution < -0.4 is 20.3 Å². The van der Waals surface area contributed by atoms with Gasteiger partial charge in [-0.2, -0.15) is 23.3 Å². The van der Waals surface area contributed by atoms with E-state index in [1.165, 1.54) is 25.1 Å². The Kier molecular flexibility index (Phi) is 8.98. The molecule has 5 aromatic rings. The highest BCUT2D eigenvalue weighted by molar-refractivity contribution is 6.04. The van der Waals surface area contributed by atoms with Crippen LogP contribution in [0.3, 0.4) is 0 Å². The van der Waals surface area contributed by atoms with Crippen LogP contribution in [0.4, 0.5) is 24.5 Å². The molecule has 1 aliphatic rings. The number of hydrogen-bond donors (Lipinski definition) is 2. The van der Waals surface area contributed by atoms with Gasteiger partial charge in [0.1, 0.15) is 11.1 Å². The monoisotopic (exact) mass is 658 g/mol. The number of amides is 2. The van der Waals surface area contributed by atoms with E-state index >= 15 is 0 Å². The number of nitrogens with zero attached hydrogens (tertiary/aromatic N) is 6. The fraction of sp³-hybridized carbons (Fsp3) is 0.294. The van der Waals surface area contributed by atoms with Gasteiger partial charge in [0.05, 0.1) is 11.8 Å². The molecule has 0 bridgehead atoms. The van der Waals surface area contributed by atoms with E-state index in [9.17, 15) is 22.8 Å². The molecule has 2 aromatic carbocycles. The van der Waals surface area contributed by atoms with E-state index in [1.807, 2.05) is 0 Å². The highest BCUT2D eigenvalue weighted by Crippen LogP contribution is 2.40. The number of anilines is 2. The molecule has 248 valence electrons. The highest BCUT2D eigenvalue weighted by atomic mass is 19.4. The number of aromatic nitrogens is 5. The van der Waals surface area contributed by atoms with Gasteiger partial charge in [0, 0.05) is 68.5 Å². The Hall–Kier alpha value is -5.53. The van der Waals surface area contributed by atoms with Crippen LogP contribution in [0.5, 0.6) is 11.6 Å². The Morgan fingerprint density at radius 1 is 1.02 bits per heavy atom. The van der Waals surface area contributed by atoms with Gasteiger partial charge < -0.3 is 20.3 Å². The van der Waals surface area contributed by atoms with Crippen LogP contribution in [-0.4, -0.2) is 56.2 Å². The predicted octanol–water partition coefficient (Wildman–Crippen LogP) is 6.15. The molecular weight excluding hydrogens is 625 g/mol. The Balaban J connectivity index is 1.22. The van der Waals surface area contributed by atoms with Crippen LogP contribution in [0.1, 0.15) is 41.3 Å². The molecule has 48 heavy (non-hydrogen) atoms. The molecule has 0 saturated carbocycles. The van der Waals surface area contributed by atoms with Crippen LogP contribution in [0.15, 0.2) is 67.1 Å². The van der Waals surface area contributed by atoms with Crippen LogP contribution in [0.2, 0.25) is 0 Å². The van der Waals surface area contributed by atoms with Gasteiger partial charge >= 0.3 is 6.18 Å². The minimum Gasteiger partial charge on any atom is -0.438 e. The molecule has 6 rings (SSSR count). The maximum absolute atomic E-state index is 14.3. The maximum Gasteiger partial charge on any atom is 0.418 e. The molecule has 1 saturated heterocycles. The first-order valence-corrected chi connectivity index (χ1v) is 15.4. The number of halogens is 3. The number of fused-ring (bicyclic) bond motifs is 1. The number of carbonyl (C=O) groups excluding carboxylic acids is 2. The molecule has 11 nitrogen and oxygen atoms in total. The van der Waals surface area contributed by atoms with E-state index in [0.717, 1.165) is 11.6 Å². The summed E-state index contributed by atoms with van der Waals surface area (Å²) in [7, 11) is 1.75. The Morgan fingerprint density at radius 2 is 1.77 bits per heavy atom. The van der Waals surface area contributed by atoms with E-state index in [2.05, 4.69) is 30.7 Å². The fourth-order valence-electron chi connectivity index (χ4n) is 5.65. The summed E-state index contributed by atoms with van der Waals surface area (Å²) in [4.78, 5) is 39.6. The van der Waals surface area contributed by atoms with Gasteiger partial charge in [-0.05, 0) is 73.7 Å². The number of benzene rings is 2. The van der Waals surface area contributed by atoms with Gasteiger partial charge in [0.25, 0.3) is 5.91 Å². The molecule has 1 fully saturated rings. The Labute approximate surface area is 274 Å². The van der Waals surface area contributed by atoms with Crippen molar-refractivity contribution in [2.75, 3.05) is 29.9 Å². The predicted molar refractivity (Wildman–Crippen MR) is 174 cm³/mol. The third-order valence-electron chi connectivity index (χ3n) is 8.31. The zero-order chi connectivity index (χ0) is 34.0. The van der Waals surface area contributed by atoms with Crippen molar-refractivity contribution in [3.05, 3.63) is 83.8 Å². The summed E-state index contributed by atoms with van der Waals surface area (Å²) in [5.74, 6) is 0.427. The lowest BCUT2D eigenvalue weighted by atomic mass is 9.95. The van der Waals surface area contributed by atoms with Gasteiger partial charge in [0.15, 0.2) is 11.5 Å². The number of alkyl halides is 3. The number of ether oxygens (including phenoxy) is 1. The quantitative estimate of drug-likeness (QED) is 0.203. The van der Waals surface area contributed by atoms with Gasteiger partial charge in [0.2, 0.25) is 11.8 Å². The third kappa shape index (κ3) is 7.06. The topological polar surface area (TPSA) is 127 Å². The first kappa shape index (κ1) is 32.4. The number of aryl methyl sites for hydroxylation is 2. The molecule has 0 radical (unpaired) electrons. The average molecular weight is 659 g/mol. The van der Waals surface area contributed by atoms with E-state index < -0.39 is 17.6 Å². The SMILES string of the molecule is CC(=O)NCC1CCN(c2ccc(NC(=O)c3ccc(C)c(Oc4nc(-c5ccncc5)nc5c4cnn5C)c3)cc2C(F)(F)F)CC1. The Bertz CT molecular complexity index is 1970. The summed E-state index contributed by atoms with van der Waals surface area (Å²) in [6.45, 7) is 4.60. The van der Waals surface area contributed by atoms with Crippen molar-refractivity contribution in [1.82, 2.24) is 30.0 Å². The van der Waals surface area contributed by atoms with Crippen LogP contribution in [0, 0.1) is 12.8 Å². The molecule has 0 aliphatic carbocycles. The van der Waals surface area contributed by atoms with Crippen molar-refractivity contribution in [2.24, 2.45) is 13.0 Å². The second-order valence-electron chi connectivity index (χ2n) is 11.7.